The number of fused-ring (bicyclic) bond motifs is 1. The number of hydrogen-bond donors (Lipinski definition) is 1. The molecule has 2 N–H and O–H groups in total. The summed E-state index contributed by atoms with van der Waals surface area (Å²) in [6.45, 7) is 2.63. The Bertz CT molecular complexity index is 471. The lowest BCUT2D eigenvalue weighted by molar-refractivity contribution is -0.0601. The van der Waals surface area contributed by atoms with Crippen molar-refractivity contribution >= 4 is 15.9 Å². The van der Waals surface area contributed by atoms with Crippen LogP contribution in [0.5, 0.6) is 0 Å². The van der Waals surface area contributed by atoms with Gasteiger partial charge in [-0.2, -0.15) is 0 Å². The maximum Gasteiger partial charge on any atom is 0.142 e. The fourth-order valence-electron chi connectivity index (χ4n) is 3.04. The first-order valence-corrected chi connectivity index (χ1v) is 7.51. The molecule has 104 valence electrons. The molecule has 2 aliphatic rings. The molecule has 0 spiro atoms. The molecular weight excluding hydrogens is 311 g/mol. The number of morpholine rings is 1. The van der Waals surface area contributed by atoms with E-state index in [-0.39, 0.29) is 11.9 Å². The van der Waals surface area contributed by atoms with Gasteiger partial charge in [-0.25, -0.2) is 4.39 Å². The van der Waals surface area contributed by atoms with Gasteiger partial charge < -0.3 is 10.5 Å². The van der Waals surface area contributed by atoms with Crippen molar-refractivity contribution in [2.75, 3.05) is 19.7 Å². The van der Waals surface area contributed by atoms with E-state index < -0.39 is 6.04 Å². The van der Waals surface area contributed by atoms with Gasteiger partial charge in [-0.15, -0.1) is 0 Å². The van der Waals surface area contributed by atoms with Gasteiger partial charge in [-0.3, -0.25) is 4.90 Å². The lowest BCUT2D eigenvalue weighted by atomic mass is 10.00. The van der Waals surface area contributed by atoms with E-state index in [1.807, 2.05) is 6.07 Å². The monoisotopic (exact) mass is 328 g/mol. The Balaban J connectivity index is 1.76. The Hall–Kier alpha value is -0.490. The second-order valence-electron chi connectivity index (χ2n) is 5.33. The summed E-state index contributed by atoms with van der Waals surface area (Å²) in [6.07, 6.45) is 2.30. The minimum atomic E-state index is -0.418. The van der Waals surface area contributed by atoms with Gasteiger partial charge in [0.2, 0.25) is 0 Å². The van der Waals surface area contributed by atoms with Gasteiger partial charge in [-0.05, 0) is 41.4 Å². The second-order valence-corrected chi connectivity index (χ2v) is 6.19. The van der Waals surface area contributed by atoms with E-state index in [9.17, 15) is 4.39 Å². The molecule has 3 nitrogen and oxygen atoms in total. The first-order chi connectivity index (χ1) is 9.16. The van der Waals surface area contributed by atoms with E-state index in [4.69, 9.17) is 10.5 Å². The van der Waals surface area contributed by atoms with Crippen LogP contribution in [0.25, 0.3) is 0 Å². The maximum absolute atomic E-state index is 14.1. The van der Waals surface area contributed by atoms with E-state index in [1.165, 1.54) is 12.8 Å². The Morgan fingerprint density at radius 2 is 2.32 bits per heavy atom. The van der Waals surface area contributed by atoms with Crippen LogP contribution in [0.2, 0.25) is 0 Å². The Kier molecular flexibility index (Phi) is 3.89. The fourth-order valence-corrected chi connectivity index (χ4v) is 3.42. The third kappa shape index (κ3) is 2.57. The zero-order valence-electron chi connectivity index (χ0n) is 10.7. The van der Waals surface area contributed by atoms with Crippen LogP contribution in [0, 0.1) is 5.82 Å². The standard InChI is InChI=1S/C14H18BrFN2O/c15-11-5-1-4-10(13(11)16)14(17)12-7-18-6-2-3-9(18)8-19-12/h1,4-5,9,12,14H,2-3,6-8,17H2. The zero-order chi connectivity index (χ0) is 13.4. The van der Waals surface area contributed by atoms with Crippen LogP contribution in [-0.2, 0) is 4.74 Å². The van der Waals surface area contributed by atoms with Crippen molar-refractivity contribution in [2.24, 2.45) is 5.73 Å². The lowest BCUT2D eigenvalue weighted by Crippen LogP contribution is -2.49. The van der Waals surface area contributed by atoms with Crippen molar-refractivity contribution in [3.05, 3.63) is 34.1 Å². The predicted molar refractivity (Wildman–Crippen MR) is 75.4 cm³/mol. The van der Waals surface area contributed by atoms with E-state index >= 15 is 0 Å². The van der Waals surface area contributed by atoms with Crippen molar-refractivity contribution < 1.29 is 9.13 Å². The van der Waals surface area contributed by atoms with Gasteiger partial charge in [0.05, 0.1) is 23.2 Å². The Morgan fingerprint density at radius 1 is 1.47 bits per heavy atom. The van der Waals surface area contributed by atoms with Crippen LogP contribution >= 0.6 is 15.9 Å². The smallest absolute Gasteiger partial charge is 0.142 e. The zero-order valence-corrected chi connectivity index (χ0v) is 12.3. The predicted octanol–water partition coefficient (Wildman–Crippen LogP) is 2.45. The molecule has 0 aliphatic carbocycles. The Labute approximate surface area is 121 Å². The van der Waals surface area contributed by atoms with E-state index in [2.05, 4.69) is 20.8 Å². The van der Waals surface area contributed by atoms with Crippen molar-refractivity contribution in [1.29, 1.82) is 0 Å². The summed E-state index contributed by atoms with van der Waals surface area (Å²) in [5.74, 6) is -0.276. The van der Waals surface area contributed by atoms with Gasteiger partial charge in [0.15, 0.2) is 0 Å². The third-order valence-corrected chi connectivity index (χ3v) is 4.77. The van der Waals surface area contributed by atoms with Crippen LogP contribution in [0.15, 0.2) is 22.7 Å². The number of nitrogens with zero attached hydrogens (tertiary/aromatic N) is 1. The highest BCUT2D eigenvalue weighted by molar-refractivity contribution is 9.10. The van der Waals surface area contributed by atoms with Crippen molar-refractivity contribution in [3.63, 3.8) is 0 Å². The maximum atomic E-state index is 14.1. The van der Waals surface area contributed by atoms with Gasteiger partial charge >= 0.3 is 0 Å². The summed E-state index contributed by atoms with van der Waals surface area (Å²) < 4.78 is 20.4. The first kappa shape index (κ1) is 13.5. The van der Waals surface area contributed by atoms with E-state index in [1.54, 1.807) is 12.1 Å². The van der Waals surface area contributed by atoms with Gasteiger partial charge in [0.25, 0.3) is 0 Å². The average Bonchev–Trinajstić information content (AvgIpc) is 2.88. The summed E-state index contributed by atoms with van der Waals surface area (Å²) in [4.78, 5) is 2.42. The first-order valence-electron chi connectivity index (χ1n) is 6.72. The highest BCUT2D eigenvalue weighted by Gasteiger charge is 2.35. The van der Waals surface area contributed by atoms with Gasteiger partial charge in [-0.1, -0.05) is 12.1 Å². The molecule has 3 rings (SSSR count). The summed E-state index contributed by atoms with van der Waals surface area (Å²) in [7, 11) is 0. The minimum absolute atomic E-state index is 0.127. The molecule has 0 bridgehead atoms. The summed E-state index contributed by atoms with van der Waals surface area (Å²) >= 11 is 3.20. The number of hydrogen-bond acceptors (Lipinski definition) is 3. The van der Waals surface area contributed by atoms with E-state index in [0.29, 0.717) is 22.7 Å². The normalized spacial score (nSPS) is 29.2. The SMILES string of the molecule is NC(c1cccc(Br)c1F)C1CN2CCCC2CO1. The fraction of sp³-hybridized carbons (Fsp3) is 0.571. The average molecular weight is 329 g/mol. The molecule has 0 amide bonds. The molecule has 3 unspecified atom stereocenters. The minimum Gasteiger partial charge on any atom is -0.373 e. The largest absolute Gasteiger partial charge is 0.373 e. The van der Waals surface area contributed by atoms with Crippen molar-refractivity contribution in [2.45, 2.75) is 31.0 Å². The molecular formula is C14H18BrFN2O. The Morgan fingerprint density at radius 3 is 3.16 bits per heavy atom. The molecule has 2 saturated heterocycles. The summed E-state index contributed by atoms with van der Waals surface area (Å²) in [6, 6.07) is 5.35. The van der Waals surface area contributed by atoms with Gasteiger partial charge in [0, 0.05) is 18.2 Å². The number of ether oxygens (including phenoxy) is 1. The van der Waals surface area contributed by atoms with E-state index in [0.717, 1.165) is 13.1 Å². The molecule has 2 aliphatic heterocycles. The van der Waals surface area contributed by atoms with Gasteiger partial charge in [0.1, 0.15) is 5.82 Å². The highest BCUT2D eigenvalue weighted by atomic mass is 79.9. The van der Waals surface area contributed by atoms with Crippen LogP contribution in [-0.4, -0.2) is 36.7 Å². The number of halogens is 2. The van der Waals surface area contributed by atoms with Crippen LogP contribution in [0.3, 0.4) is 0 Å². The molecule has 0 aromatic heterocycles. The second kappa shape index (κ2) is 5.48. The number of nitrogens with two attached hydrogens (primary N) is 1. The molecule has 5 heteroatoms. The molecule has 1 aromatic carbocycles. The summed E-state index contributed by atoms with van der Waals surface area (Å²) in [5.41, 5.74) is 6.73. The molecule has 0 radical (unpaired) electrons. The number of benzene rings is 1. The highest BCUT2D eigenvalue weighted by Crippen LogP contribution is 2.30. The third-order valence-electron chi connectivity index (χ3n) is 4.16. The summed E-state index contributed by atoms with van der Waals surface area (Å²) in [5, 5.41) is 0. The molecule has 1 aromatic rings. The lowest BCUT2D eigenvalue weighted by Gasteiger charge is -2.37. The van der Waals surface area contributed by atoms with Crippen LogP contribution in [0.1, 0.15) is 24.4 Å². The molecule has 2 heterocycles. The van der Waals surface area contributed by atoms with Crippen molar-refractivity contribution in [1.82, 2.24) is 4.90 Å². The van der Waals surface area contributed by atoms with Crippen LogP contribution in [0.4, 0.5) is 4.39 Å². The quantitative estimate of drug-likeness (QED) is 0.906. The molecule has 3 atom stereocenters. The molecule has 0 saturated carbocycles. The number of rotatable bonds is 2. The van der Waals surface area contributed by atoms with Crippen molar-refractivity contribution in [3.8, 4) is 0 Å². The topological polar surface area (TPSA) is 38.5 Å². The molecule has 2 fully saturated rings. The molecule has 19 heavy (non-hydrogen) atoms. The van der Waals surface area contributed by atoms with Crippen LogP contribution < -0.4 is 5.73 Å².